The van der Waals surface area contributed by atoms with E-state index in [-0.39, 0.29) is 6.42 Å². The highest BCUT2D eigenvalue weighted by Crippen LogP contribution is 2.14. The fourth-order valence-electron chi connectivity index (χ4n) is 3.53. The topological polar surface area (TPSA) is 116 Å². The van der Waals surface area contributed by atoms with Crippen molar-refractivity contribution in [2.75, 3.05) is 0 Å². The van der Waals surface area contributed by atoms with Gasteiger partial charge in [-0.05, 0) is 33.1 Å². The number of carboxylic acid groups (broad SMARTS) is 1. The first kappa shape index (κ1) is 32.9. The molecule has 1 N–H and O–H groups in total. The molecule has 0 rings (SSSR count). The van der Waals surface area contributed by atoms with Crippen LogP contribution < -0.4 is 0 Å². The molecule has 0 aliphatic heterocycles. The van der Waals surface area contributed by atoms with Crippen LogP contribution in [0.1, 0.15) is 125 Å². The van der Waals surface area contributed by atoms with Gasteiger partial charge in [-0.2, -0.15) is 0 Å². The second-order valence-electron chi connectivity index (χ2n) is 9.80. The van der Waals surface area contributed by atoms with Gasteiger partial charge in [0.15, 0.2) is 18.3 Å². The summed E-state index contributed by atoms with van der Waals surface area (Å²) in [5.41, 5.74) is 0. The minimum absolute atomic E-state index is 0.224. The predicted octanol–water partition coefficient (Wildman–Crippen LogP) is 5.98. The second-order valence-corrected chi connectivity index (χ2v) is 9.80. The van der Waals surface area contributed by atoms with E-state index < -0.39 is 42.2 Å². The van der Waals surface area contributed by atoms with Gasteiger partial charge in [0, 0.05) is 6.42 Å². The molecule has 0 heterocycles. The van der Waals surface area contributed by atoms with Gasteiger partial charge in [-0.15, -0.1) is 0 Å². The van der Waals surface area contributed by atoms with Gasteiger partial charge in [0.2, 0.25) is 0 Å². The highest BCUT2D eigenvalue weighted by atomic mass is 16.6. The summed E-state index contributed by atoms with van der Waals surface area (Å²) in [4.78, 5) is 46.4. The Bertz CT molecular complexity index is 616. The zero-order valence-corrected chi connectivity index (χ0v) is 22.5. The molecule has 0 aromatic carbocycles. The second kappa shape index (κ2) is 20.1. The maximum atomic E-state index is 12.0. The van der Waals surface area contributed by atoms with Gasteiger partial charge in [0.1, 0.15) is 0 Å². The van der Waals surface area contributed by atoms with Crippen LogP contribution in [-0.2, 0) is 33.4 Å². The molecule has 0 saturated carbocycles. The lowest BCUT2D eigenvalue weighted by atomic mass is 10.0. The Balaban J connectivity index is 3.73. The number of ether oxygens (including phenoxy) is 3. The van der Waals surface area contributed by atoms with E-state index >= 15 is 0 Å². The minimum Gasteiger partial charge on any atom is -0.479 e. The van der Waals surface area contributed by atoms with Gasteiger partial charge in [0.05, 0.1) is 0 Å². The number of rotatable bonds is 21. The van der Waals surface area contributed by atoms with Crippen LogP contribution in [0.15, 0.2) is 0 Å². The Labute approximate surface area is 211 Å². The van der Waals surface area contributed by atoms with Gasteiger partial charge in [-0.1, -0.05) is 90.9 Å². The first-order chi connectivity index (χ1) is 16.5. The third-order valence-corrected chi connectivity index (χ3v) is 5.82. The number of carboxylic acids is 1. The van der Waals surface area contributed by atoms with Gasteiger partial charge in [-0.25, -0.2) is 14.4 Å². The Morgan fingerprint density at radius 1 is 0.543 bits per heavy atom. The van der Waals surface area contributed by atoms with Crippen LogP contribution in [-0.4, -0.2) is 47.3 Å². The number of aliphatic carboxylic acids is 1. The molecule has 0 spiro atoms. The molecular formula is C27H48O8. The van der Waals surface area contributed by atoms with Crippen LogP contribution in [0.4, 0.5) is 0 Å². The van der Waals surface area contributed by atoms with Crippen molar-refractivity contribution in [2.24, 2.45) is 5.92 Å². The fraction of sp³-hybridized carbons (Fsp3) is 0.852. The van der Waals surface area contributed by atoms with Gasteiger partial charge in [-0.3, -0.25) is 4.79 Å². The van der Waals surface area contributed by atoms with Crippen molar-refractivity contribution in [3.8, 4) is 0 Å². The summed E-state index contributed by atoms with van der Waals surface area (Å²) >= 11 is 0. The molecule has 3 atom stereocenters. The average Bonchev–Trinajstić information content (AvgIpc) is 2.78. The largest absolute Gasteiger partial charge is 0.479 e. The first-order valence-corrected chi connectivity index (χ1v) is 13.4. The zero-order valence-electron chi connectivity index (χ0n) is 22.5. The number of carbonyl (C=O) groups excluding carboxylic acids is 3. The van der Waals surface area contributed by atoms with Gasteiger partial charge in [0.25, 0.3) is 0 Å². The first-order valence-electron chi connectivity index (χ1n) is 13.4. The molecule has 0 fully saturated rings. The van der Waals surface area contributed by atoms with E-state index in [9.17, 15) is 19.2 Å². The quantitative estimate of drug-likeness (QED) is 0.116. The maximum absolute atomic E-state index is 12.0. The molecule has 0 bridgehead atoms. The van der Waals surface area contributed by atoms with Crippen LogP contribution >= 0.6 is 0 Å². The van der Waals surface area contributed by atoms with E-state index in [2.05, 4.69) is 18.6 Å². The lowest BCUT2D eigenvalue weighted by Gasteiger charge is -2.17. The van der Waals surface area contributed by atoms with E-state index in [0.29, 0.717) is 6.42 Å². The molecule has 0 saturated heterocycles. The Hall–Kier alpha value is -2.12. The maximum Gasteiger partial charge on any atom is 0.347 e. The van der Waals surface area contributed by atoms with Crippen molar-refractivity contribution in [3.63, 3.8) is 0 Å². The summed E-state index contributed by atoms with van der Waals surface area (Å²) in [5.74, 6) is -2.85. The monoisotopic (exact) mass is 500 g/mol. The molecule has 0 aromatic rings. The molecule has 0 aliphatic carbocycles. The van der Waals surface area contributed by atoms with Crippen LogP contribution in [0.3, 0.4) is 0 Å². The molecule has 8 heteroatoms. The van der Waals surface area contributed by atoms with Crippen molar-refractivity contribution in [1.29, 1.82) is 0 Å². The lowest BCUT2D eigenvalue weighted by molar-refractivity contribution is -0.181. The van der Waals surface area contributed by atoms with E-state index in [1.807, 2.05) is 0 Å². The summed E-state index contributed by atoms with van der Waals surface area (Å²) < 4.78 is 14.6. The van der Waals surface area contributed by atoms with Gasteiger partial charge >= 0.3 is 23.9 Å². The average molecular weight is 501 g/mol. The van der Waals surface area contributed by atoms with E-state index in [1.165, 1.54) is 85.0 Å². The van der Waals surface area contributed by atoms with Crippen molar-refractivity contribution in [3.05, 3.63) is 0 Å². The molecule has 3 unspecified atom stereocenters. The van der Waals surface area contributed by atoms with Crippen LogP contribution in [0.5, 0.6) is 0 Å². The summed E-state index contributed by atoms with van der Waals surface area (Å²) in [6.07, 6.45) is 12.2. The molecule has 35 heavy (non-hydrogen) atoms. The van der Waals surface area contributed by atoms with Crippen molar-refractivity contribution < 1.29 is 38.5 Å². The molecular weight excluding hydrogens is 452 g/mol. The van der Waals surface area contributed by atoms with Crippen LogP contribution in [0.2, 0.25) is 0 Å². The third-order valence-electron chi connectivity index (χ3n) is 5.82. The summed E-state index contributed by atoms with van der Waals surface area (Å²) in [5, 5.41) is 8.74. The summed E-state index contributed by atoms with van der Waals surface area (Å²) in [7, 11) is 0. The zero-order chi connectivity index (χ0) is 26.6. The van der Waals surface area contributed by atoms with Gasteiger partial charge < -0.3 is 19.3 Å². The normalized spacial score (nSPS) is 13.7. The van der Waals surface area contributed by atoms with E-state index in [0.717, 1.165) is 18.8 Å². The number of esters is 3. The number of hydrogen-bond donors (Lipinski definition) is 1. The van der Waals surface area contributed by atoms with Crippen molar-refractivity contribution in [1.82, 2.24) is 0 Å². The highest BCUT2D eigenvalue weighted by Gasteiger charge is 2.27. The summed E-state index contributed by atoms with van der Waals surface area (Å²) in [6, 6.07) is 0. The van der Waals surface area contributed by atoms with E-state index in [4.69, 9.17) is 14.6 Å². The predicted molar refractivity (Wildman–Crippen MR) is 134 cm³/mol. The van der Waals surface area contributed by atoms with E-state index in [1.54, 1.807) is 0 Å². The molecule has 0 aliphatic rings. The fourth-order valence-corrected chi connectivity index (χ4v) is 3.53. The standard InChI is InChI=1S/C27H48O8/c1-20(2)18-16-14-12-10-8-6-7-9-11-13-15-17-19-24(28)33-22(4)26(31)35-23(5)27(32)34-21(3)25(29)30/h20-23H,6-19H2,1-5H3,(H,29,30). The van der Waals surface area contributed by atoms with Crippen molar-refractivity contribution >= 4 is 23.9 Å². The Kier molecular flexibility index (Phi) is 18.9. The molecule has 204 valence electrons. The smallest absolute Gasteiger partial charge is 0.347 e. The lowest BCUT2D eigenvalue weighted by Crippen LogP contribution is -2.35. The van der Waals surface area contributed by atoms with Crippen molar-refractivity contribution in [2.45, 2.75) is 143 Å². The molecule has 0 aromatic heterocycles. The molecule has 0 radical (unpaired) electrons. The molecule has 0 amide bonds. The third kappa shape index (κ3) is 18.8. The van der Waals surface area contributed by atoms with Crippen LogP contribution in [0.25, 0.3) is 0 Å². The number of hydrogen-bond acceptors (Lipinski definition) is 7. The van der Waals surface area contributed by atoms with Crippen LogP contribution in [0, 0.1) is 5.92 Å². The number of unbranched alkanes of at least 4 members (excludes halogenated alkanes) is 11. The molecule has 8 nitrogen and oxygen atoms in total. The minimum atomic E-state index is -1.35. The Morgan fingerprint density at radius 2 is 0.914 bits per heavy atom. The highest BCUT2D eigenvalue weighted by molar-refractivity contribution is 5.84. The number of carbonyl (C=O) groups is 4. The Morgan fingerprint density at radius 3 is 1.34 bits per heavy atom. The summed E-state index contributed by atoms with van der Waals surface area (Å²) in [6.45, 7) is 8.38. The SMILES string of the molecule is CC(C)CCCCCCCCCCCCCCC(=O)OC(C)C(=O)OC(C)C(=O)OC(C)C(=O)O.